The first-order valence-corrected chi connectivity index (χ1v) is 10.3. The van der Waals surface area contributed by atoms with E-state index in [2.05, 4.69) is 15.6 Å². The summed E-state index contributed by atoms with van der Waals surface area (Å²) in [6.07, 6.45) is 0.520. The minimum atomic E-state index is -5.26. The van der Waals surface area contributed by atoms with E-state index in [4.69, 9.17) is 4.74 Å². The first-order chi connectivity index (χ1) is 13.1. The summed E-state index contributed by atoms with van der Waals surface area (Å²) < 4.78 is 66.8. The van der Waals surface area contributed by atoms with Crippen molar-refractivity contribution in [1.82, 2.24) is 14.9 Å². The Morgan fingerprint density at radius 2 is 1.83 bits per heavy atom. The second-order valence-corrected chi connectivity index (χ2v) is 8.36. The Kier molecular flexibility index (Phi) is 9.95. The second kappa shape index (κ2) is 11.2. The smallest absolute Gasteiger partial charge is 0.492 e. The summed E-state index contributed by atoms with van der Waals surface area (Å²) in [5.41, 5.74) is -4.12. The molecular formula is C17H26F3IN4O3S. The van der Waals surface area contributed by atoms with Gasteiger partial charge in [-0.2, -0.15) is 17.5 Å². The van der Waals surface area contributed by atoms with Crippen molar-refractivity contribution in [1.29, 1.82) is 0 Å². The van der Waals surface area contributed by atoms with Crippen LogP contribution >= 0.6 is 24.0 Å². The van der Waals surface area contributed by atoms with E-state index in [1.165, 1.54) is 0 Å². The van der Waals surface area contributed by atoms with Gasteiger partial charge in [0.15, 0.2) is 5.96 Å². The molecule has 0 bridgehead atoms. The number of alkyl halides is 3. The minimum Gasteiger partial charge on any atom is -0.492 e. The molecule has 0 aromatic heterocycles. The fourth-order valence-corrected chi connectivity index (χ4v) is 3.73. The van der Waals surface area contributed by atoms with E-state index in [1.54, 1.807) is 7.05 Å². The standard InChI is InChI=1S/C17H25F3N4O3S.HI/c1-13-3-5-15(6-4-13)27-12-9-22-16(21-2)23-14-7-10-24(11-8-14)28(25,26)17(18,19)20;/h3-6,14H,7-12H2,1-2H3,(H2,21,22,23);1H. The van der Waals surface area contributed by atoms with Crippen LogP contribution < -0.4 is 15.4 Å². The van der Waals surface area contributed by atoms with Gasteiger partial charge >= 0.3 is 15.5 Å². The molecule has 1 fully saturated rings. The van der Waals surface area contributed by atoms with Crippen LogP contribution in [0, 0.1) is 6.92 Å². The van der Waals surface area contributed by atoms with Crippen LogP contribution in [0.2, 0.25) is 0 Å². The quantitative estimate of drug-likeness (QED) is 0.246. The summed E-state index contributed by atoms with van der Waals surface area (Å²) in [6, 6.07) is 7.50. The van der Waals surface area contributed by atoms with Crippen molar-refractivity contribution in [3.8, 4) is 5.75 Å². The van der Waals surface area contributed by atoms with E-state index in [1.807, 2.05) is 31.2 Å². The molecule has 7 nitrogen and oxygen atoms in total. The summed E-state index contributed by atoms with van der Waals surface area (Å²) in [4.78, 5) is 4.07. The van der Waals surface area contributed by atoms with Crippen LogP contribution in [-0.2, 0) is 10.0 Å². The number of ether oxygens (including phenoxy) is 1. The number of hydrogen-bond donors (Lipinski definition) is 2. The molecule has 29 heavy (non-hydrogen) atoms. The zero-order valence-corrected chi connectivity index (χ0v) is 19.3. The number of guanidine groups is 1. The topological polar surface area (TPSA) is 83.0 Å². The first-order valence-electron chi connectivity index (χ1n) is 8.86. The number of aryl methyl sites for hydroxylation is 1. The normalized spacial score (nSPS) is 16.8. The molecule has 0 spiro atoms. The van der Waals surface area contributed by atoms with Crippen LogP contribution in [0.25, 0.3) is 0 Å². The van der Waals surface area contributed by atoms with Gasteiger partial charge in [-0.1, -0.05) is 17.7 Å². The van der Waals surface area contributed by atoms with Crippen LogP contribution in [0.4, 0.5) is 13.2 Å². The van der Waals surface area contributed by atoms with E-state index >= 15 is 0 Å². The van der Waals surface area contributed by atoms with E-state index in [0.29, 0.717) is 23.4 Å². The van der Waals surface area contributed by atoms with Gasteiger partial charge in [-0.25, -0.2) is 8.42 Å². The molecule has 0 atom stereocenters. The van der Waals surface area contributed by atoms with Crippen molar-refractivity contribution in [2.45, 2.75) is 31.3 Å². The number of aliphatic imine (C=N–C) groups is 1. The predicted molar refractivity (Wildman–Crippen MR) is 116 cm³/mol. The lowest BCUT2D eigenvalue weighted by Gasteiger charge is -2.32. The number of halogens is 4. The molecule has 0 amide bonds. The van der Waals surface area contributed by atoms with Crippen molar-refractivity contribution < 1.29 is 26.3 Å². The first kappa shape index (κ1) is 25.8. The maximum Gasteiger partial charge on any atom is 0.511 e. The maximum atomic E-state index is 12.6. The predicted octanol–water partition coefficient (Wildman–Crippen LogP) is 2.47. The number of nitrogens with one attached hydrogen (secondary N) is 2. The highest BCUT2D eigenvalue weighted by atomic mass is 127. The minimum absolute atomic E-state index is 0. The molecule has 1 aliphatic heterocycles. The van der Waals surface area contributed by atoms with Gasteiger partial charge in [-0.15, -0.1) is 24.0 Å². The zero-order chi connectivity index (χ0) is 20.8. The third-order valence-electron chi connectivity index (χ3n) is 4.34. The average Bonchev–Trinajstić information content (AvgIpc) is 2.65. The third kappa shape index (κ3) is 7.48. The Bertz CT molecular complexity index is 765. The molecule has 1 heterocycles. The van der Waals surface area contributed by atoms with Crippen molar-refractivity contribution in [2.24, 2.45) is 4.99 Å². The van der Waals surface area contributed by atoms with Gasteiger partial charge in [0.2, 0.25) is 0 Å². The Morgan fingerprint density at radius 1 is 1.24 bits per heavy atom. The molecule has 166 valence electrons. The van der Waals surface area contributed by atoms with E-state index < -0.39 is 15.5 Å². The number of sulfonamides is 1. The Morgan fingerprint density at radius 3 is 2.34 bits per heavy atom. The van der Waals surface area contributed by atoms with Crippen LogP contribution in [0.1, 0.15) is 18.4 Å². The van der Waals surface area contributed by atoms with Gasteiger partial charge in [0.1, 0.15) is 12.4 Å². The summed E-state index contributed by atoms with van der Waals surface area (Å²) in [5.74, 6) is 1.25. The van der Waals surface area contributed by atoms with E-state index in [0.717, 1.165) is 11.3 Å². The molecule has 0 saturated carbocycles. The fourth-order valence-electron chi connectivity index (χ4n) is 2.75. The SMILES string of the molecule is CN=C(NCCOc1ccc(C)cc1)NC1CCN(S(=O)(=O)C(F)(F)F)CC1.I. The van der Waals surface area contributed by atoms with Crippen molar-refractivity contribution in [3.05, 3.63) is 29.8 Å². The maximum absolute atomic E-state index is 12.6. The average molecular weight is 550 g/mol. The molecule has 2 rings (SSSR count). The zero-order valence-electron chi connectivity index (χ0n) is 16.2. The highest BCUT2D eigenvalue weighted by molar-refractivity contribution is 14.0. The number of rotatable bonds is 6. The summed E-state index contributed by atoms with van der Waals surface area (Å²) in [7, 11) is -3.68. The summed E-state index contributed by atoms with van der Waals surface area (Å²) in [5, 5.41) is 6.17. The lowest BCUT2D eigenvalue weighted by atomic mass is 10.1. The highest BCUT2D eigenvalue weighted by Crippen LogP contribution is 2.28. The lowest BCUT2D eigenvalue weighted by Crippen LogP contribution is -2.52. The molecule has 1 aliphatic rings. The Hall–Kier alpha value is -1.28. The Labute approximate surface area is 186 Å². The van der Waals surface area contributed by atoms with Gasteiger partial charge in [0.25, 0.3) is 0 Å². The van der Waals surface area contributed by atoms with E-state index in [9.17, 15) is 21.6 Å². The van der Waals surface area contributed by atoms with Gasteiger partial charge in [-0.05, 0) is 31.9 Å². The van der Waals surface area contributed by atoms with Gasteiger partial charge in [-0.3, -0.25) is 4.99 Å². The van der Waals surface area contributed by atoms with Crippen molar-refractivity contribution in [3.63, 3.8) is 0 Å². The van der Waals surface area contributed by atoms with Gasteiger partial charge in [0.05, 0.1) is 6.54 Å². The lowest BCUT2D eigenvalue weighted by molar-refractivity contribution is -0.0494. The molecule has 0 aliphatic carbocycles. The summed E-state index contributed by atoms with van der Waals surface area (Å²) in [6.45, 7) is 2.50. The molecule has 12 heteroatoms. The van der Waals surface area contributed by atoms with Crippen LogP contribution in [0.3, 0.4) is 0 Å². The number of hydrogen-bond acceptors (Lipinski definition) is 4. The van der Waals surface area contributed by atoms with Crippen LogP contribution in [0.15, 0.2) is 29.3 Å². The number of piperidine rings is 1. The fraction of sp³-hybridized carbons (Fsp3) is 0.588. The third-order valence-corrected chi connectivity index (χ3v) is 5.96. The van der Waals surface area contributed by atoms with Crippen LogP contribution in [-0.4, -0.2) is 63.5 Å². The molecular weight excluding hydrogens is 524 g/mol. The molecule has 0 radical (unpaired) electrons. The van der Waals surface area contributed by atoms with Gasteiger partial charge < -0.3 is 15.4 Å². The van der Waals surface area contributed by atoms with Crippen molar-refractivity contribution in [2.75, 3.05) is 33.3 Å². The van der Waals surface area contributed by atoms with Crippen LogP contribution in [0.5, 0.6) is 5.75 Å². The second-order valence-electron chi connectivity index (χ2n) is 6.43. The highest BCUT2D eigenvalue weighted by Gasteiger charge is 2.50. The number of nitrogens with zero attached hydrogens (tertiary/aromatic N) is 2. The largest absolute Gasteiger partial charge is 0.511 e. The molecule has 2 N–H and O–H groups in total. The molecule has 1 aromatic rings. The molecule has 1 aromatic carbocycles. The van der Waals surface area contributed by atoms with Gasteiger partial charge in [0, 0.05) is 26.2 Å². The number of benzene rings is 1. The summed E-state index contributed by atoms with van der Waals surface area (Å²) >= 11 is 0. The monoisotopic (exact) mass is 550 g/mol. The molecule has 0 unspecified atom stereocenters. The molecule has 1 saturated heterocycles. The van der Waals surface area contributed by atoms with E-state index in [-0.39, 0.29) is 55.9 Å². The Balaban J connectivity index is 0.00000420. The van der Waals surface area contributed by atoms with Crippen molar-refractivity contribution >= 4 is 40.0 Å².